The van der Waals surface area contributed by atoms with Crippen LogP contribution in [0.5, 0.6) is 0 Å². The summed E-state index contributed by atoms with van der Waals surface area (Å²) in [4.78, 5) is 32.2. The van der Waals surface area contributed by atoms with Crippen LogP contribution in [0.1, 0.15) is 65.8 Å². The van der Waals surface area contributed by atoms with Crippen LogP contribution in [0.15, 0.2) is 12.4 Å². The Morgan fingerprint density at radius 1 is 0.792 bits per heavy atom. The van der Waals surface area contributed by atoms with Crippen LogP contribution in [0.25, 0.3) is 0 Å². The molecule has 0 saturated carbocycles. The smallest absolute Gasteiger partial charge is 0.306 e. The number of carbonyl (C=O) groups is 2. The van der Waals surface area contributed by atoms with Crippen LogP contribution in [0, 0.1) is 0 Å². The number of hydrogen-bond acceptors (Lipinski definition) is 6. The van der Waals surface area contributed by atoms with Crippen molar-refractivity contribution in [3.8, 4) is 0 Å². The van der Waals surface area contributed by atoms with Crippen LogP contribution in [-0.4, -0.2) is 33.1 Å². The molecule has 0 fully saturated rings. The molecule has 0 radical (unpaired) electrons. The van der Waals surface area contributed by atoms with Crippen LogP contribution in [-0.2, 0) is 31.9 Å². The second-order valence-electron chi connectivity index (χ2n) is 7.62. The highest BCUT2D eigenvalue weighted by molar-refractivity contribution is 5.70. The molecule has 0 aliphatic heterocycles. The summed E-state index contributed by atoms with van der Waals surface area (Å²) >= 11 is 0. The zero-order valence-electron chi connectivity index (χ0n) is 15.5. The van der Waals surface area contributed by atoms with Crippen molar-refractivity contribution in [2.24, 2.45) is 0 Å². The number of carbonyl (C=O) groups excluding carboxylic acids is 2. The SMILES string of the molecule is CC(C)(C)OC(=O)CCc1nccnc1CCC(=O)OC(C)(C)C. The molecule has 0 spiro atoms. The van der Waals surface area contributed by atoms with Gasteiger partial charge in [0.2, 0.25) is 0 Å². The largest absolute Gasteiger partial charge is 0.460 e. The van der Waals surface area contributed by atoms with Crippen molar-refractivity contribution in [2.45, 2.75) is 78.4 Å². The Morgan fingerprint density at radius 2 is 1.12 bits per heavy atom. The van der Waals surface area contributed by atoms with E-state index in [1.807, 2.05) is 41.5 Å². The molecule has 1 rings (SSSR count). The van der Waals surface area contributed by atoms with Gasteiger partial charge in [0.25, 0.3) is 0 Å². The topological polar surface area (TPSA) is 78.4 Å². The van der Waals surface area contributed by atoms with Crippen molar-refractivity contribution in [3.05, 3.63) is 23.8 Å². The first-order chi connectivity index (χ1) is 11.0. The van der Waals surface area contributed by atoms with Gasteiger partial charge in [0.15, 0.2) is 0 Å². The van der Waals surface area contributed by atoms with Gasteiger partial charge in [-0.15, -0.1) is 0 Å². The predicted octanol–water partition coefficient (Wildman–Crippen LogP) is 3.03. The maximum atomic E-state index is 11.8. The quantitative estimate of drug-likeness (QED) is 0.743. The van der Waals surface area contributed by atoms with Gasteiger partial charge in [-0.3, -0.25) is 19.6 Å². The van der Waals surface area contributed by atoms with Crippen LogP contribution >= 0.6 is 0 Å². The van der Waals surface area contributed by atoms with E-state index < -0.39 is 11.2 Å². The standard InChI is InChI=1S/C18H28N2O4/c1-17(2,3)23-15(21)9-7-13-14(20-12-11-19-13)8-10-16(22)24-18(4,5)6/h11-12H,7-10H2,1-6H3. The molecule has 134 valence electrons. The number of rotatable bonds is 6. The van der Waals surface area contributed by atoms with Crippen molar-refractivity contribution < 1.29 is 19.1 Å². The van der Waals surface area contributed by atoms with E-state index >= 15 is 0 Å². The first-order valence-electron chi connectivity index (χ1n) is 8.19. The Balaban J connectivity index is 2.59. The van der Waals surface area contributed by atoms with Crippen LogP contribution in [0.3, 0.4) is 0 Å². The minimum absolute atomic E-state index is 0.232. The molecular weight excluding hydrogens is 308 g/mol. The Labute approximate surface area is 144 Å². The van der Waals surface area contributed by atoms with E-state index in [-0.39, 0.29) is 24.8 Å². The van der Waals surface area contributed by atoms with Gasteiger partial charge in [-0.1, -0.05) is 0 Å². The lowest BCUT2D eigenvalue weighted by atomic mass is 10.1. The Bertz CT molecular complexity index is 520. The van der Waals surface area contributed by atoms with Gasteiger partial charge >= 0.3 is 11.9 Å². The molecule has 0 N–H and O–H groups in total. The molecule has 24 heavy (non-hydrogen) atoms. The highest BCUT2D eigenvalue weighted by atomic mass is 16.6. The summed E-state index contributed by atoms with van der Waals surface area (Å²) in [5, 5.41) is 0. The summed E-state index contributed by atoms with van der Waals surface area (Å²) in [6.45, 7) is 11.0. The van der Waals surface area contributed by atoms with Gasteiger partial charge in [-0.2, -0.15) is 0 Å². The number of nitrogens with zero attached hydrogens (tertiary/aromatic N) is 2. The Hall–Kier alpha value is -1.98. The molecule has 0 aromatic carbocycles. The van der Waals surface area contributed by atoms with Gasteiger partial charge in [0, 0.05) is 25.2 Å². The molecule has 0 aliphatic carbocycles. The van der Waals surface area contributed by atoms with E-state index in [0.717, 1.165) is 0 Å². The summed E-state index contributed by atoms with van der Waals surface area (Å²) in [6, 6.07) is 0. The van der Waals surface area contributed by atoms with Crippen LogP contribution in [0.2, 0.25) is 0 Å². The average Bonchev–Trinajstić information content (AvgIpc) is 2.40. The van der Waals surface area contributed by atoms with Crippen molar-refractivity contribution in [1.82, 2.24) is 9.97 Å². The summed E-state index contributed by atoms with van der Waals surface area (Å²) in [6.07, 6.45) is 4.51. The predicted molar refractivity (Wildman–Crippen MR) is 90.4 cm³/mol. The molecule has 6 heteroatoms. The van der Waals surface area contributed by atoms with Gasteiger partial charge in [-0.25, -0.2) is 0 Å². The molecule has 0 bridgehead atoms. The fraction of sp³-hybridized carbons (Fsp3) is 0.667. The van der Waals surface area contributed by atoms with E-state index in [4.69, 9.17) is 9.47 Å². The highest BCUT2D eigenvalue weighted by Gasteiger charge is 2.19. The lowest BCUT2D eigenvalue weighted by Crippen LogP contribution is -2.24. The van der Waals surface area contributed by atoms with E-state index in [9.17, 15) is 9.59 Å². The van der Waals surface area contributed by atoms with E-state index in [0.29, 0.717) is 24.2 Å². The highest BCUT2D eigenvalue weighted by Crippen LogP contribution is 2.14. The molecule has 6 nitrogen and oxygen atoms in total. The van der Waals surface area contributed by atoms with Gasteiger partial charge in [-0.05, 0) is 41.5 Å². The Kier molecular flexibility index (Phi) is 6.87. The molecule has 0 amide bonds. The molecule has 1 aromatic rings. The van der Waals surface area contributed by atoms with Crippen molar-refractivity contribution in [3.63, 3.8) is 0 Å². The molecule has 0 saturated heterocycles. The van der Waals surface area contributed by atoms with Crippen molar-refractivity contribution in [2.75, 3.05) is 0 Å². The third-order valence-corrected chi connectivity index (χ3v) is 2.83. The third kappa shape index (κ3) is 8.60. The number of aromatic nitrogens is 2. The van der Waals surface area contributed by atoms with Crippen molar-refractivity contribution >= 4 is 11.9 Å². The minimum Gasteiger partial charge on any atom is -0.460 e. The van der Waals surface area contributed by atoms with Gasteiger partial charge < -0.3 is 9.47 Å². The number of ether oxygens (including phenoxy) is 2. The fourth-order valence-electron chi connectivity index (χ4n) is 2.04. The maximum absolute atomic E-state index is 11.8. The second-order valence-corrected chi connectivity index (χ2v) is 7.62. The molecule has 1 heterocycles. The Morgan fingerprint density at radius 3 is 1.42 bits per heavy atom. The molecular formula is C18H28N2O4. The number of esters is 2. The van der Waals surface area contributed by atoms with E-state index in [1.165, 1.54) is 0 Å². The zero-order chi connectivity index (χ0) is 18.4. The van der Waals surface area contributed by atoms with Crippen molar-refractivity contribution in [1.29, 1.82) is 0 Å². The summed E-state index contributed by atoms with van der Waals surface area (Å²) < 4.78 is 10.6. The van der Waals surface area contributed by atoms with Crippen LogP contribution < -0.4 is 0 Å². The number of hydrogen-bond donors (Lipinski definition) is 0. The normalized spacial score (nSPS) is 11.9. The monoisotopic (exact) mass is 336 g/mol. The molecule has 0 aliphatic rings. The second kappa shape index (κ2) is 8.22. The lowest BCUT2D eigenvalue weighted by Gasteiger charge is -2.20. The number of aryl methyl sites for hydroxylation is 2. The summed E-state index contributed by atoms with van der Waals surface area (Å²) in [5.41, 5.74) is 0.427. The first kappa shape index (κ1) is 20.1. The maximum Gasteiger partial charge on any atom is 0.306 e. The molecule has 1 aromatic heterocycles. The van der Waals surface area contributed by atoms with E-state index in [1.54, 1.807) is 12.4 Å². The first-order valence-corrected chi connectivity index (χ1v) is 8.19. The third-order valence-electron chi connectivity index (χ3n) is 2.83. The summed E-state index contributed by atoms with van der Waals surface area (Å²) in [7, 11) is 0. The lowest BCUT2D eigenvalue weighted by molar-refractivity contribution is -0.156. The minimum atomic E-state index is -0.501. The van der Waals surface area contributed by atoms with Crippen LogP contribution in [0.4, 0.5) is 0 Å². The van der Waals surface area contributed by atoms with Gasteiger partial charge in [0.05, 0.1) is 24.2 Å². The summed E-state index contributed by atoms with van der Waals surface area (Å²) in [5.74, 6) is -0.544. The average molecular weight is 336 g/mol. The fourth-order valence-corrected chi connectivity index (χ4v) is 2.04. The zero-order valence-corrected chi connectivity index (χ0v) is 15.5. The van der Waals surface area contributed by atoms with Gasteiger partial charge in [0.1, 0.15) is 11.2 Å². The van der Waals surface area contributed by atoms with E-state index in [2.05, 4.69) is 9.97 Å². The molecule has 0 unspecified atom stereocenters. The molecule has 0 atom stereocenters.